The van der Waals surface area contributed by atoms with Gasteiger partial charge in [0.05, 0.1) is 5.92 Å². The largest absolute Gasteiger partial charge is 0.423 e. The molecule has 0 spiro atoms. The number of halogens is 2. The van der Waals surface area contributed by atoms with Crippen LogP contribution in [0, 0.1) is 47.1 Å². The van der Waals surface area contributed by atoms with Crippen molar-refractivity contribution >= 4 is 5.97 Å². The zero-order chi connectivity index (χ0) is 23.4. The van der Waals surface area contributed by atoms with Gasteiger partial charge in [0, 0.05) is 0 Å². The van der Waals surface area contributed by atoms with E-state index < -0.39 is 17.6 Å². The fourth-order valence-corrected chi connectivity index (χ4v) is 6.86. The van der Waals surface area contributed by atoms with Gasteiger partial charge in [-0.1, -0.05) is 31.6 Å². The van der Waals surface area contributed by atoms with Gasteiger partial charge in [0.2, 0.25) is 5.82 Å². The Kier molecular flexibility index (Phi) is 8.24. The van der Waals surface area contributed by atoms with Crippen molar-refractivity contribution in [2.24, 2.45) is 35.5 Å². The summed E-state index contributed by atoms with van der Waals surface area (Å²) < 4.78 is 34.2. The van der Waals surface area contributed by atoms with Crippen LogP contribution >= 0.6 is 0 Å². The number of hydrogen-bond acceptors (Lipinski definition) is 2. The number of aryl methyl sites for hydroxylation is 1. The summed E-state index contributed by atoms with van der Waals surface area (Å²) in [4.78, 5) is 12.7. The summed E-state index contributed by atoms with van der Waals surface area (Å²) in [6, 6.07) is 2.93. The molecule has 0 heterocycles. The fraction of sp³-hybridized carbons (Fsp3) is 0.690. The standard InChI is InChI=1S/C29H40F2O2/c1-3-4-5-6-21-15-16-26(28(31)27(21)30)33-29(32)22-11-9-20(10-12-22)24-14-13-23-17-19(2)7-8-25(23)18-24/h3-4,15-16,19-20,22-25H,5-14,17-18H2,1-2H3/b4-3+. The number of fused-ring (bicyclic) bond motifs is 1. The average molecular weight is 459 g/mol. The Balaban J connectivity index is 1.27. The molecule has 0 aromatic heterocycles. The number of ether oxygens (including phenoxy) is 1. The molecule has 2 nitrogen and oxygen atoms in total. The van der Waals surface area contributed by atoms with Gasteiger partial charge in [-0.05, 0) is 119 Å². The van der Waals surface area contributed by atoms with E-state index in [1.54, 1.807) is 0 Å². The van der Waals surface area contributed by atoms with E-state index in [9.17, 15) is 13.6 Å². The first-order valence-electron chi connectivity index (χ1n) is 13.3. The molecule has 0 radical (unpaired) electrons. The van der Waals surface area contributed by atoms with Crippen LogP contribution in [0.25, 0.3) is 0 Å². The van der Waals surface area contributed by atoms with Crippen LogP contribution in [0.5, 0.6) is 5.75 Å². The zero-order valence-corrected chi connectivity index (χ0v) is 20.3. The molecule has 0 aliphatic heterocycles. The maximum absolute atomic E-state index is 14.5. The number of carbonyl (C=O) groups is 1. The van der Waals surface area contributed by atoms with Crippen molar-refractivity contribution in [2.75, 3.05) is 0 Å². The third kappa shape index (κ3) is 5.87. The lowest BCUT2D eigenvalue weighted by Gasteiger charge is -2.44. The number of rotatable bonds is 6. The van der Waals surface area contributed by atoms with Gasteiger partial charge in [-0.3, -0.25) is 4.79 Å². The van der Waals surface area contributed by atoms with E-state index in [2.05, 4.69) is 6.92 Å². The highest BCUT2D eigenvalue weighted by Gasteiger charge is 2.39. The van der Waals surface area contributed by atoms with E-state index in [0.29, 0.717) is 24.3 Å². The first-order valence-corrected chi connectivity index (χ1v) is 13.3. The van der Waals surface area contributed by atoms with Gasteiger partial charge in [0.25, 0.3) is 0 Å². The topological polar surface area (TPSA) is 26.3 Å². The molecule has 1 aromatic carbocycles. The lowest BCUT2D eigenvalue weighted by Crippen LogP contribution is -2.35. The quantitative estimate of drug-likeness (QED) is 0.245. The Morgan fingerprint density at radius 3 is 2.27 bits per heavy atom. The molecule has 1 aromatic rings. The molecule has 4 atom stereocenters. The molecule has 0 N–H and O–H groups in total. The minimum absolute atomic E-state index is 0.204. The molecule has 4 rings (SSSR count). The Morgan fingerprint density at radius 1 is 0.909 bits per heavy atom. The minimum atomic E-state index is -1.05. The molecule has 4 unspecified atom stereocenters. The van der Waals surface area contributed by atoms with Crippen molar-refractivity contribution in [3.63, 3.8) is 0 Å². The summed E-state index contributed by atoms with van der Waals surface area (Å²) in [5.74, 6) is 1.44. The monoisotopic (exact) mass is 458 g/mol. The molecule has 0 saturated heterocycles. The van der Waals surface area contributed by atoms with Gasteiger partial charge in [-0.2, -0.15) is 4.39 Å². The van der Waals surface area contributed by atoms with Gasteiger partial charge in [-0.15, -0.1) is 0 Å². The molecule has 3 saturated carbocycles. The number of carbonyl (C=O) groups excluding carboxylic acids is 1. The summed E-state index contributed by atoms with van der Waals surface area (Å²) in [5, 5.41) is 0. The van der Waals surface area contributed by atoms with E-state index >= 15 is 0 Å². The molecule has 182 valence electrons. The summed E-state index contributed by atoms with van der Waals surface area (Å²) in [6.45, 7) is 4.30. The van der Waals surface area contributed by atoms with E-state index in [1.807, 2.05) is 19.1 Å². The second-order valence-corrected chi connectivity index (χ2v) is 11.0. The minimum Gasteiger partial charge on any atom is -0.423 e. The number of benzene rings is 1. The fourth-order valence-electron chi connectivity index (χ4n) is 6.86. The van der Waals surface area contributed by atoms with E-state index in [1.165, 1.54) is 50.7 Å². The number of hydrogen-bond donors (Lipinski definition) is 0. The molecule has 0 amide bonds. The highest BCUT2D eigenvalue weighted by Crippen LogP contribution is 2.49. The lowest BCUT2D eigenvalue weighted by atomic mass is 9.61. The maximum Gasteiger partial charge on any atom is 0.314 e. The second-order valence-electron chi connectivity index (χ2n) is 11.0. The van der Waals surface area contributed by atoms with Crippen molar-refractivity contribution < 1.29 is 18.3 Å². The van der Waals surface area contributed by atoms with Crippen LogP contribution in [-0.2, 0) is 11.2 Å². The molecule has 0 bridgehead atoms. The van der Waals surface area contributed by atoms with Gasteiger partial charge in [-0.25, -0.2) is 4.39 Å². The van der Waals surface area contributed by atoms with Crippen LogP contribution in [0.4, 0.5) is 8.78 Å². The van der Waals surface area contributed by atoms with Crippen LogP contribution in [0.15, 0.2) is 24.3 Å². The molecular weight excluding hydrogens is 418 g/mol. The second kappa shape index (κ2) is 11.1. The first-order chi connectivity index (χ1) is 16.0. The normalized spacial score (nSPS) is 32.5. The number of allylic oxidation sites excluding steroid dienone is 2. The summed E-state index contributed by atoms with van der Waals surface area (Å²) in [7, 11) is 0. The summed E-state index contributed by atoms with van der Waals surface area (Å²) >= 11 is 0. The highest BCUT2D eigenvalue weighted by molar-refractivity contribution is 5.75. The van der Waals surface area contributed by atoms with E-state index in [-0.39, 0.29) is 11.7 Å². The smallest absolute Gasteiger partial charge is 0.314 e. The third-order valence-corrected chi connectivity index (χ3v) is 8.84. The zero-order valence-electron chi connectivity index (χ0n) is 20.3. The van der Waals surface area contributed by atoms with Crippen LogP contribution in [0.3, 0.4) is 0 Å². The molecular formula is C29H40F2O2. The average Bonchev–Trinajstić information content (AvgIpc) is 2.83. The predicted octanol–water partition coefficient (Wildman–Crippen LogP) is 8.04. The molecule has 3 aliphatic carbocycles. The number of esters is 1. The van der Waals surface area contributed by atoms with Crippen molar-refractivity contribution in [1.29, 1.82) is 0 Å². The van der Waals surface area contributed by atoms with Crippen LogP contribution in [0.1, 0.15) is 90.0 Å². The van der Waals surface area contributed by atoms with Crippen molar-refractivity contribution in [3.05, 3.63) is 41.5 Å². The lowest BCUT2D eigenvalue weighted by molar-refractivity contribution is -0.140. The summed E-state index contributed by atoms with van der Waals surface area (Å²) in [6.07, 6.45) is 16.9. The van der Waals surface area contributed by atoms with Crippen molar-refractivity contribution in [3.8, 4) is 5.75 Å². The molecule has 4 heteroatoms. The Bertz CT molecular complexity index is 840. The van der Waals surface area contributed by atoms with Crippen LogP contribution in [-0.4, -0.2) is 5.97 Å². The third-order valence-electron chi connectivity index (χ3n) is 8.84. The Morgan fingerprint density at radius 2 is 1.55 bits per heavy atom. The van der Waals surface area contributed by atoms with Gasteiger partial charge >= 0.3 is 5.97 Å². The predicted molar refractivity (Wildman–Crippen MR) is 128 cm³/mol. The van der Waals surface area contributed by atoms with Gasteiger partial charge in [0.15, 0.2) is 11.6 Å². The maximum atomic E-state index is 14.5. The van der Waals surface area contributed by atoms with Crippen LogP contribution < -0.4 is 4.74 Å². The van der Waals surface area contributed by atoms with Gasteiger partial charge < -0.3 is 4.74 Å². The van der Waals surface area contributed by atoms with Gasteiger partial charge in [0.1, 0.15) is 0 Å². The molecule has 3 fully saturated rings. The first kappa shape index (κ1) is 24.4. The van der Waals surface area contributed by atoms with E-state index in [4.69, 9.17) is 4.74 Å². The highest BCUT2D eigenvalue weighted by atomic mass is 19.2. The SMILES string of the molecule is C/C=C/CCc1ccc(OC(=O)C2CCC(C3CCC4CC(C)CCC4C3)CC2)c(F)c1F. The van der Waals surface area contributed by atoms with E-state index in [0.717, 1.165) is 49.4 Å². The Hall–Kier alpha value is -1.71. The van der Waals surface area contributed by atoms with Crippen molar-refractivity contribution in [2.45, 2.75) is 90.9 Å². The Labute approximate surface area is 198 Å². The van der Waals surface area contributed by atoms with Crippen LogP contribution in [0.2, 0.25) is 0 Å². The molecule has 33 heavy (non-hydrogen) atoms. The summed E-state index contributed by atoms with van der Waals surface area (Å²) in [5.41, 5.74) is 0.313. The van der Waals surface area contributed by atoms with Crippen molar-refractivity contribution in [1.82, 2.24) is 0 Å². The molecule has 3 aliphatic rings.